The number of hydrogen-bond donors (Lipinski definition) is 1. The lowest BCUT2D eigenvalue weighted by Crippen LogP contribution is -2.35. The van der Waals surface area contributed by atoms with Crippen molar-refractivity contribution in [2.45, 2.75) is 63.9 Å². The van der Waals surface area contributed by atoms with Crippen LogP contribution in [0, 0.1) is 13.8 Å². The summed E-state index contributed by atoms with van der Waals surface area (Å²) >= 11 is 0. The molecule has 0 aliphatic carbocycles. The summed E-state index contributed by atoms with van der Waals surface area (Å²) in [5.74, 6) is -0.870. The summed E-state index contributed by atoms with van der Waals surface area (Å²) in [4.78, 5) is 24.9. The number of nitrogens with zero attached hydrogens (tertiary/aromatic N) is 1. The number of anilines is 1. The number of amides is 1. The van der Waals surface area contributed by atoms with Gasteiger partial charge in [0.05, 0.1) is 4.90 Å². The van der Waals surface area contributed by atoms with Crippen LogP contribution in [0.5, 0.6) is 0 Å². The minimum atomic E-state index is -3.47. The summed E-state index contributed by atoms with van der Waals surface area (Å²) in [6, 6.07) is 12.3. The topological polar surface area (TPSA) is 92.8 Å². The number of esters is 1. The molecule has 33 heavy (non-hydrogen) atoms. The van der Waals surface area contributed by atoms with E-state index in [4.69, 9.17) is 4.74 Å². The van der Waals surface area contributed by atoms with Crippen LogP contribution in [0.15, 0.2) is 47.4 Å². The molecule has 1 amide bonds. The maximum atomic E-state index is 12.7. The Hall–Kier alpha value is -2.71. The van der Waals surface area contributed by atoms with Crippen LogP contribution in [0.4, 0.5) is 5.69 Å². The fourth-order valence-corrected chi connectivity index (χ4v) is 5.34. The quantitative estimate of drug-likeness (QED) is 0.587. The third kappa shape index (κ3) is 6.65. The number of hydrogen-bond acceptors (Lipinski definition) is 5. The van der Waals surface area contributed by atoms with E-state index in [-0.39, 0.29) is 17.2 Å². The molecular weight excluding hydrogens is 440 g/mol. The summed E-state index contributed by atoms with van der Waals surface area (Å²) < 4.78 is 32.3. The lowest BCUT2D eigenvalue weighted by atomic mass is 10.1. The molecule has 1 aliphatic rings. The monoisotopic (exact) mass is 472 g/mol. The average Bonchev–Trinajstić information content (AvgIpc) is 2.80. The van der Waals surface area contributed by atoms with Crippen molar-refractivity contribution in [2.24, 2.45) is 0 Å². The first-order valence-corrected chi connectivity index (χ1v) is 12.8. The van der Waals surface area contributed by atoms with Gasteiger partial charge in [0.2, 0.25) is 10.0 Å². The van der Waals surface area contributed by atoms with E-state index in [1.54, 1.807) is 24.3 Å². The van der Waals surface area contributed by atoms with Crippen molar-refractivity contribution in [3.8, 4) is 0 Å². The zero-order valence-corrected chi connectivity index (χ0v) is 20.3. The van der Waals surface area contributed by atoms with Crippen molar-refractivity contribution >= 4 is 27.6 Å². The highest BCUT2D eigenvalue weighted by atomic mass is 32.2. The molecule has 7 nitrogen and oxygen atoms in total. The van der Waals surface area contributed by atoms with Gasteiger partial charge in [0, 0.05) is 25.2 Å². The SMILES string of the molecule is Cc1ccc(NC(=O)C(C)OC(=O)CCc2ccc(S(=O)(=O)N3CCCCC3)cc2)c(C)c1. The van der Waals surface area contributed by atoms with Gasteiger partial charge in [-0.15, -0.1) is 0 Å². The summed E-state index contributed by atoms with van der Waals surface area (Å²) in [6.07, 6.45) is 2.41. The highest BCUT2D eigenvalue weighted by Gasteiger charge is 2.25. The van der Waals surface area contributed by atoms with Gasteiger partial charge in [0.1, 0.15) is 0 Å². The molecule has 1 N–H and O–H groups in total. The molecule has 2 aromatic carbocycles. The highest BCUT2D eigenvalue weighted by molar-refractivity contribution is 7.89. The predicted molar refractivity (Wildman–Crippen MR) is 127 cm³/mol. The smallest absolute Gasteiger partial charge is 0.306 e. The highest BCUT2D eigenvalue weighted by Crippen LogP contribution is 2.21. The van der Waals surface area contributed by atoms with Gasteiger partial charge in [0.15, 0.2) is 6.10 Å². The van der Waals surface area contributed by atoms with Crippen molar-refractivity contribution in [1.82, 2.24) is 4.31 Å². The van der Waals surface area contributed by atoms with Crippen LogP contribution in [0.2, 0.25) is 0 Å². The Morgan fingerprint density at radius 2 is 1.70 bits per heavy atom. The minimum absolute atomic E-state index is 0.0966. The number of rotatable bonds is 8. The molecule has 2 aromatic rings. The Morgan fingerprint density at radius 3 is 2.33 bits per heavy atom. The molecule has 1 saturated heterocycles. The second-order valence-corrected chi connectivity index (χ2v) is 10.5. The van der Waals surface area contributed by atoms with Crippen molar-refractivity contribution in [2.75, 3.05) is 18.4 Å². The number of carbonyl (C=O) groups is 2. The van der Waals surface area contributed by atoms with Crippen LogP contribution in [0.1, 0.15) is 49.3 Å². The summed E-state index contributed by atoms with van der Waals surface area (Å²) in [5.41, 5.74) is 3.56. The normalized spacial score (nSPS) is 15.6. The molecule has 1 atom stereocenters. The molecule has 0 radical (unpaired) electrons. The molecular formula is C25H32N2O5S. The largest absolute Gasteiger partial charge is 0.453 e. The van der Waals surface area contributed by atoms with Crippen LogP contribution in [0.25, 0.3) is 0 Å². The second kappa shape index (κ2) is 10.9. The first-order chi connectivity index (χ1) is 15.7. The van der Waals surface area contributed by atoms with Crippen molar-refractivity contribution < 1.29 is 22.7 Å². The molecule has 1 heterocycles. The number of piperidine rings is 1. The van der Waals surface area contributed by atoms with Gasteiger partial charge in [-0.25, -0.2) is 8.42 Å². The molecule has 8 heteroatoms. The first kappa shape index (κ1) is 24.9. The second-order valence-electron chi connectivity index (χ2n) is 8.55. The van der Waals surface area contributed by atoms with Gasteiger partial charge in [0.25, 0.3) is 5.91 Å². The minimum Gasteiger partial charge on any atom is -0.453 e. The maximum absolute atomic E-state index is 12.7. The average molecular weight is 473 g/mol. The van der Waals surface area contributed by atoms with Crippen LogP contribution >= 0.6 is 0 Å². The number of aryl methyl sites for hydroxylation is 3. The van der Waals surface area contributed by atoms with Crippen LogP contribution in [0.3, 0.4) is 0 Å². The third-order valence-electron chi connectivity index (χ3n) is 5.81. The van der Waals surface area contributed by atoms with Crippen molar-refractivity contribution in [1.29, 1.82) is 0 Å². The summed E-state index contributed by atoms with van der Waals surface area (Å²) in [6.45, 7) is 6.54. The van der Waals surface area contributed by atoms with E-state index in [0.29, 0.717) is 25.2 Å². The van der Waals surface area contributed by atoms with Crippen molar-refractivity contribution in [3.05, 3.63) is 59.2 Å². The number of sulfonamides is 1. The van der Waals surface area contributed by atoms with E-state index in [0.717, 1.165) is 36.0 Å². The molecule has 0 spiro atoms. The number of nitrogens with one attached hydrogen (secondary N) is 1. The van der Waals surface area contributed by atoms with E-state index >= 15 is 0 Å². The van der Waals surface area contributed by atoms with Gasteiger partial charge in [-0.1, -0.05) is 36.2 Å². The predicted octanol–water partition coefficient (Wildman–Crippen LogP) is 3.98. The number of benzene rings is 2. The van der Waals surface area contributed by atoms with E-state index in [9.17, 15) is 18.0 Å². The van der Waals surface area contributed by atoms with E-state index in [2.05, 4.69) is 5.32 Å². The maximum Gasteiger partial charge on any atom is 0.306 e. The third-order valence-corrected chi connectivity index (χ3v) is 7.72. The molecule has 1 unspecified atom stereocenters. The lowest BCUT2D eigenvalue weighted by molar-refractivity contribution is -0.153. The lowest BCUT2D eigenvalue weighted by Gasteiger charge is -2.25. The summed E-state index contributed by atoms with van der Waals surface area (Å²) in [5, 5.41) is 2.79. The van der Waals surface area contributed by atoms with Gasteiger partial charge >= 0.3 is 5.97 Å². The van der Waals surface area contributed by atoms with Gasteiger partial charge in [-0.2, -0.15) is 4.31 Å². The molecule has 3 rings (SSSR count). The van der Waals surface area contributed by atoms with Crippen LogP contribution < -0.4 is 5.32 Å². The molecule has 0 bridgehead atoms. The van der Waals surface area contributed by atoms with E-state index in [1.807, 2.05) is 32.0 Å². The molecule has 1 fully saturated rings. The molecule has 0 aromatic heterocycles. The standard InChI is InChI=1S/C25H32N2O5S/c1-18-7-13-23(19(2)17-18)26-25(29)20(3)32-24(28)14-10-21-8-11-22(12-9-21)33(30,31)27-15-5-4-6-16-27/h7-9,11-13,17,20H,4-6,10,14-16H2,1-3H3,(H,26,29). The Morgan fingerprint density at radius 1 is 1.03 bits per heavy atom. The Labute approximate surface area is 196 Å². The van der Waals surface area contributed by atoms with Gasteiger partial charge < -0.3 is 10.1 Å². The molecule has 1 aliphatic heterocycles. The Balaban J connectivity index is 1.49. The van der Waals surface area contributed by atoms with Crippen molar-refractivity contribution in [3.63, 3.8) is 0 Å². The Kier molecular flexibility index (Phi) is 8.26. The fraction of sp³-hybridized carbons (Fsp3) is 0.440. The van der Waals surface area contributed by atoms with Crippen LogP contribution in [-0.4, -0.2) is 43.8 Å². The number of carbonyl (C=O) groups excluding carboxylic acids is 2. The van der Waals surface area contributed by atoms with Gasteiger partial charge in [-0.3, -0.25) is 9.59 Å². The van der Waals surface area contributed by atoms with Crippen LogP contribution in [-0.2, 0) is 30.8 Å². The fourth-order valence-electron chi connectivity index (χ4n) is 3.83. The first-order valence-electron chi connectivity index (χ1n) is 11.3. The van der Waals surface area contributed by atoms with Gasteiger partial charge in [-0.05, 0) is 69.4 Å². The number of ether oxygens (including phenoxy) is 1. The molecule has 0 saturated carbocycles. The zero-order valence-electron chi connectivity index (χ0n) is 19.5. The van der Waals surface area contributed by atoms with E-state index < -0.39 is 22.1 Å². The summed E-state index contributed by atoms with van der Waals surface area (Å²) in [7, 11) is -3.47. The van der Waals surface area contributed by atoms with E-state index in [1.165, 1.54) is 11.2 Å². The zero-order chi connectivity index (χ0) is 24.0. The molecule has 178 valence electrons. The Bertz CT molecular complexity index is 1090.